The minimum atomic E-state index is -0.482. The number of carbonyl (C=O) groups is 2. The molecule has 0 saturated carbocycles. The lowest BCUT2D eigenvalue weighted by Gasteiger charge is -2.20. The van der Waals surface area contributed by atoms with Crippen LogP contribution >= 0.6 is 0 Å². The Kier molecular flexibility index (Phi) is 11.9. The second kappa shape index (κ2) is 12.7. The molecule has 172 valence electrons. The molecule has 0 aliphatic carbocycles. The Morgan fingerprint density at radius 1 is 0.767 bits per heavy atom. The highest BCUT2D eigenvalue weighted by atomic mass is 17.2. The molecule has 1 aromatic carbocycles. The van der Waals surface area contributed by atoms with E-state index in [0.29, 0.717) is 17.4 Å². The van der Waals surface area contributed by atoms with Crippen molar-refractivity contribution in [3.05, 3.63) is 35.9 Å². The van der Waals surface area contributed by atoms with Crippen LogP contribution in [0.4, 0.5) is 0 Å². The van der Waals surface area contributed by atoms with Crippen molar-refractivity contribution in [3.63, 3.8) is 0 Å². The normalized spacial score (nSPS) is 11.9. The topological polar surface area (TPSA) is 61.8 Å². The Morgan fingerprint density at radius 2 is 1.33 bits per heavy atom. The van der Waals surface area contributed by atoms with Gasteiger partial charge in [0.05, 0.1) is 5.56 Å². The van der Waals surface area contributed by atoms with Gasteiger partial charge in [0.2, 0.25) is 0 Å². The molecule has 0 atom stereocenters. The van der Waals surface area contributed by atoms with E-state index in [9.17, 15) is 9.59 Å². The molecule has 0 spiro atoms. The highest BCUT2D eigenvalue weighted by Gasteiger charge is 2.17. The summed E-state index contributed by atoms with van der Waals surface area (Å²) in [6, 6.07) is 8.73. The molecule has 0 aliphatic rings. The van der Waals surface area contributed by atoms with Gasteiger partial charge in [-0.2, -0.15) is 4.89 Å². The summed E-state index contributed by atoms with van der Waals surface area (Å²) in [6.45, 7) is 17.9. The fourth-order valence-corrected chi connectivity index (χ4v) is 2.28. The number of hydrogen-bond acceptors (Lipinski definition) is 5. The molecule has 0 unspecified atom stereocenters. The lowest BCUT2D eigenvalue weighted by Crippen LogP contribution is -2.23. The van der Waals surface area contributed by atoms with Gasteiger partial charge < -0.3 is 4.74 Å². The van der Waals surface area contributed by atoms with Crippen molar-refractivity contribution < 1.29 is 24.1 Å². The molecule has 1 rings (SSSR count). The minimum Gasteiger partial charge on any atom is -0.460 e. The van der Waals surface area contributed by atoms with Crippen LogP contribution in [0, 0.1) is 5.41 Å². The fraction of sp³-hybridized carbons (Fsp3) is 0.680. The van der Waals surface area contributed by atoms with E-state index < -0.39 is 11.6 Å². The first-order chi connectivity index (χ1) is 13.6. The van der Waals surface area contributed by atoms with Gasteiger partial charge in [0, 0.05) is 6.42 Å². The zero-order chi connectivity index (χ0) is 23.4. The van der Waals surface area contributed by atoms with Crippen molar-refractivity contribution in [2.45, 2.75) is 106 Å². The molecule has 0 amide bonds. The SMILES string of the molecule is CC(C)(C)CCCCCC(=O)OC(C)(C)C.CC(C)(C)OOC(=O)c1ccccc1. The smallest absolute Gasteiger partial charge is 0.373 e. The van der Waals surface area contributed by atoms with Crippen molar-refractivity contribution in [3.8, 4) is 0 Å². The summed E-state index contributed by atoms with van der Waals surface area (Å²) in [5.41, 5.74) is 0.0653. The summed E-state index contributed by atoms with van der Waals surface area (Å²) >= 11 is 0. The van der Waals surface area contributed by atoms with Crippen LogP contribution < -0.4 is 0 Å². The van der Waals surface area contributed by atoms with Gasteiger partial charge in [-0.15, -0.1) is 0 Å². The Bertz CT molecular complexity index is 616. The van der Waals surface area contributed by atoms with Crippen LogP contribution in [-0.4, -0.2) is 23.1 Å². The highest BCUT2D eigenvalue weighted by molar-refractivity contribution is 5.88. The number of carbonyl (C=O) groups excluding carboxylic acids is 2. The molecule has 0 saturated heterocycles. The zero-order valence-corrected chi connectivity index (χ0v) is 20.5. The number of hydrogen-bond donors (Lipinski definition) is 0. The maximum atomic E-state index is 11.4. The third-order valence-electron chi connectivity index (χ3n) is 3.60. The van der Waals surface area contributed by atoms with E-state index in [-0.39, 0.29) is 11.6 Å². The van der Waals surface area contributed by atoms with Crippen LogP contribution in [0.2, 0.25) is 0 Å². The molecule has 0 aromatic heterocycles. The summed E-state index contributed by atoms with van der Waals surface area (Å²) in [7, 11) is 0. The van der Waals surface area contributed by atoms with E-state index in [1.165, 1.54) is 12.8 Å². The standard InChI is InChI=1S/C14H28O2.C11H14O3/c1-13(2,3)11-9-7-8-10-12(15)16-14(4,5)6;1-11(2,3)14-13-10(12)9-7-5-4-6-8-9/h7-11H2,1-6H3;4-8H,1-3H3. The second-order valence-electron chi connectivity index (χ2n) is 10.6. The van der Waals surface area contributed by atoms with E-state index in [4.69, 9.17) is 9.62 Å². The van der Waals surface area contributed by atoms with Crippen molar-refractivity contribution in [1.29, 1.82) is 0 Å². The second-order valence-corrected chi connectivity index (χ2v) is 10.6. The summed E-state index contributed by atoms with van der Waals surface area (Å²) in [6.07, 6.45) is 5.05. The first kappa shape index (κ1) is 28.1. The average Bonchev–Trinajstić information content (AvgIpc) is 2.57. The Hall–Kier alpha value is -1.88. The molecular weight excluding hydrogens is 380 g/mol. The largest absolute Gasteiger partial charge is 0.460 e. The van der Waals surface area contributed by atoms with Crippen LogP contribution in [-0.2, 0) is 19.3 Å². The van der Waals surface area contributed by atoms with Crippen LogP contribution in [0.1, 0.15) is 105 Å². The Balaban J connectivity index is 0.000000564. The third kappa shape index (κ3) is 18.2. The number of esters is 1. The Morgan fingerprint density at radius 3 is 1.80 bits per heavy atom. The zero-order valence-electron chi connectivity index (χ0n) is 20.5. The summed E-state index contributed by atoms with van der Waals surface area (Å²) < 4.78 is 5.25. The van der Waals surface area contributed by atoms with Crippen LogP contribution in [0.25, 0.3) is 0 Å². The van der Waals surface area contributed by atoms with E-state index in [2.05, 4.69) is 25.7 Å². The Labute approximate surface area is 183 Å². The van der Waals surface area contributed by atoms with Crippen molar-refractivity contribution in [1.82, 2.24) is 0 Å². The summed E-state index contributed by atoms with van der Waals surface area (Å²) in [4.78, 5) is 32.3. The van der Waals surface area contributed by atoms with Crippen LogP contribution in [0.5, 0.6) is 0 Å². The molecule has 0 bridgehead atoms. The number of unbranched alkanes of at least 4 members (excludes halogenated alkanes) is 2. The van der Waals surface area contributed by atoms with Crippen molar-refractivity contribution in [2.75, 3.05) is 0 Å². The third-order valence-corrected chi connectivity index (χ3v) is 3.60. The molecule has 5 heteroatoms. The van der Waals surface area contributed by atoms with E-state index in [0.717, 1.165) is 12.8 Å². The molecule has 0 fully saturated rings. The van der Waals surface area contributed by atoms with E-state index in [1.807, 2.05) is 47.6 Å². The first-order valence-electron chi connectivity index (χ1n) is 10.8. The van der Waals surface area contributed by atoms with Gasteiger partial charge in [-0.1, -0.05) is 51.8 Å². The lowest BCUT2D eigenvalue weighted by molar-refractivity contribution is -0.301. The van der Waals surface area contributed by atoms with Gasteiger partial charge in [0.15, 0.2) is 0 Å². The molecule has 0 heterocycles. The van der Waals surface area contributed by atoms with Gasteiger partial charge in [0.1, 0.15) is 11.2 Å². The predicted molar refractivity (Wildman–Crippen MR) is 121 cm³/mol. The van der Waals surface area contributed by atoms with Gasteiger partial charge in [-0.3, -0.25) is 9.68 Å². The van der Waals surface area contributed by atoms with E-state index >= 15 is 0 Å². The molecule has 5 nitrogen and oxygen atoms in total. The molecule has 0 radical (unpaired) electrons. The van der Waals surface area contributed by atoms with Crippen molar-refractivity contribution >= 4 is 11.9 Å². The van der Waals surface area contributed by atoms with Gasteiger partial charge >= 0.3 is 11.9 Å². The van der Waals surface area contributed by atoms with Gasteiger partial charge in [-0.05, 0) is 71.9 Å². The van der Waals surface area contributed by atoms with Crippen LogP contribution in [0.3, 0.4) is 0 Å². The highest BCUT2D eigenvalue weighted by Crippen LogP contribution is 2.22. The summed E-state index contributed by atoms with van der Waals surface area (Å²) in [5, 5.41) is 0. The summed E-state index contributed by atoms with van der Waals surface area (Å²) in [5.74, 6) is -0.538. The number of rotatable bonds is 7. The van der Waals surface area contributed by atoms with E-state index in [1.54, 1.807) is 24.3 Å². The van der Waals surface area contributed by atoms with Gasteiger partial charge in [0.25, 0.3) is 0 Å². The number of ether oxygens (including phenoxy) is 1. The number of benzene rings is 1. The minimum absolute atomic E-state index is 0.0664. The fourth-order valence-electron chi connectivity index (χ4n) is 2.28. The van der Waals surface area contributed by atoms with Crippen LogP contribution in [0.15, 0.2) is 30.3 Å². The molecular formula is C25H42O5. The van der Waals surface area contributed by atoms with Gasteiger partial charge in [-0.25, -0.2) is 4.79 Å². The molecule has 1 aromatic rings. The monoisotopic (exact) mass is 422 g/mol. The molecule has 0 N–H and O–H groups in total. The maximum Gasteiger partial charge on any atom is 0.373 e. The average molecular weight is 423 g/mol. The molecule has 30 heavy (non-hydrogen) atoms. The molecule has 0 aliphatic heterocycles. The predicted octanol–water partition coefficient (Wildman–Crippen LogP) is 6.90. The quantitative estimate of drug-likeness (QED) is 0.207. The first-order valence-corrected chi connectivity index (χ1v) is 10.8. The maximum absolute atomic E-state index is 11.4. The lowest BCUT2D eigenvalue weighted by atomic mass is 9.89. The van der Waals surface area contributed by atoms with Crippen molar-refractivity contribution in [2.24, 2.45) is 5.41 Å².